The number of rotatable bonds is 3. The van der Waals surface area contributed by atoms with Gasteiger partial charge in [-0.05, 0) is 35.0 Å². The van der Waals surface area contributed by atoms with Crippen molar-refractivity contribution in [1.82, 2.24) is 5.32 Å². The van der Waals surface area contributed by atoms with Crippen LogP contribution in [0.5, 0.6) is 0 Å². The van der Waals surface area contributed by atoms with Gasteiger partial charge in [0.25, 0.3) is 5.91 Å². The van der Waals surface area contributed by atoms with Gasteiger partial charge in [0.1, 0.15) is 0 Å². The Labute approximate surface area is 158 Å². The largest absolute Gasteiger partial charge is 0.481 e. The van der Waals surface area contributed by atoms with Crippen molar-refractivity contribution in [3.63, 3.8) is 0 Å². The lowest BCUT2D eigenvalue weighted by Gasteiger charge is -2.36. The summed E-state index contributed by atoms with van der Waals surface area (Å²) in [7, 11) is 0. The molecule has 3 atom stereocenters. The van der Waals surface area contributed by atoms with Gasteiger partial charge in [-0.3, -0.25) is 9.59 Å². The van der Waals surface area contributed by atoms with E-state index in [0.717, 1.165) is 11.5 Å². The Kier molecular flexibility index (Phi) is 4.94. The van der Waals surface area contributed by atoms with Gasteiger partial charge in [0.05, 0.1) is 17.1 Å². The minimum atomic E-state index is -2.10. The van der Waals surface area contributed by atoms with E-state index in [1.165, 1.54) is 0 Å². The fourth-order valence-electron chi connectivity index (χ4n) is 2.98. The van der Waals surface area contributed by atoms with Gasteiger partial charge in [-0.25, -0.2) is 0 Å². The van der Waals surface area contributed by atoms with Crippen LogP contribution in [0.1, 0.15) is 16.8 Å². The maximum Gasteiger partial charge on any atom is 0.309 e. The van der Waals surface area contributed by atoms with Crippen LogP contribution in [0.4, 0.5) is 0 Å². The Morgan fingerprint density at radius 2 is 1.92 bits per heavy atom. The van der Waals surface area contributed by atoms with Gasteiger partial charge in [-0.15, -0.1) is 0 Å². The molecule has 3 rings (SSSR count). The van der Waals surface area contributed by atoms with E-state index >= 15 is 0 Å². The molecule has 8 heteroatoms. The lowest BCUT2D eigenvalue weighted by molar-refractivity contribution is -0.148. The molecule has 2 aromatic carbocycles. The average Bonchev–Trinajstić information content (AvgIpc) is 2.57. The predicted molar refractivity (Wildman–Crippen MR) is 97.1 cm³/mol. The van der Waals surface area contributed by atoms with Crippen LogP contribution in [-0.4, -0.2) is 39.0 Å². The molecule has 0 saturated heterocycles. The second-order valence-electron chi connectivity index (χ2n) is 6.14. The van der Waals surface area contributed by atoms with Gasteiger partial charge >= 0.3 is 5.97 Å². The number of aliphatic carboxylic acids is 1. The number of hydrogen-bond donors (Lipinski definition) is 4. The SMILES string of the molecule is O=C(NC1(O)CC(C(=O)O)C(O)C=C1Cl)c1cccc2ccc(Cl)cc12. The molecule has 4 N–H and O–H groups in total. The summed E-state index contributed by atoms with van der Waals surface area (Å²) in [6.07, 6.45) is -0.797. The van der Waals surface area contributed by atoms with Crippen molar-refractivity contribution in [2.75, 3.05) is 0 Å². The molecule has 0 heterocycles. The van der Waals surface area contributed by atoms with Crippen LogP contribution in [0.15, 0.2) is 47.5 Å². The Hall–Kier alpha value is -2.12. The van der Waals surface area contributed by atoms with Gasteiger partial charge in [0.15, 0.2) is 5.72 Å². The van der Waals surface area contributed by atoms with E-state index in [2.05, 4.69) is 5.32 Å². The molecular formula is C18H15Cl2NO5. The summed E-state index contributed by atoms with van der Waals surface area (Å²) in [6, 6.07) is 10.1. The zero-order valence-corrected chi connectivity index (χ0v) is 14.8. The highest BCUT2D eigenvalue weighted by atomic mass is 35.5. The van der Waals surface area contributed by atoms with E-state index in [9.17, 15) is 24.9 Å². The summed E-state index contributed by atoms with van der Waals surface area (Å²) in [5.74, 6) is -3.25. The van der Waals surface area contributed by atoms with Crippen LogP contribution in [0.3, 0.4) is 0 Å². The molecule has 0 bridgehead atoms. The minimum absolute atomic E-state index is 0.242. The Morgan fingerprint density at radius 1 is 1.19 bits per heavy atom. The minimum Gasteiger partial charge on any atom is -0.481 e. The molecule has 0 aliphatic heterocycles. The number of nitrogens with one attached hydrogen (secondary N) is 1. The molecule has 136 valence electrons. The first-order chi connectivity index (χ1) is 12.2. The van der Waals surface area contributed by atoms with Crippen LogP contribution in [0, 0.1) is 5.92 Å². The number of carbonyl (C=O) groups is 2. The van der Waals surface area contributed by atoms with E-state index in [4.69, 9.17) is 23.2 Å². The third-order valence-electron chi connectivity index (χ3n) is 4.37. The number of benzene rings is 2. The molecule has 0 spiro atoms. The molecule has 6 nitrogen and oxygen atoms in total. The predicted octanol–water partition coefficient (Wildman–Crippen LogP) is 2.50. The molecular weight excluding hydrogens is 381 g/mol. The molecule has 1 aliphatic rings. The number of amides is 1. The van der Waals surface area contributed by atoms with Crippen molar-refractivity contribution in [1.29, 1.82) is 0 Å². The summed E-state index contributed by atoms with van der Waals surface area (Å²) in [6.45, 7) is 0. The smallest absolute Gasteiger partial charge is 0.309 e. The van der Waals surface area contributed by atoms with Gasteiger partial charge in [-0.1, -0.05) is 41.4 Å². The van der Waals surface area contributed by atoms with Gasteiger partial charge in [0, 0.05) is 17.0 Å². The first kappa shape index (κ1) is 18.7. The van der Waals surface area contributed by atoms with Gasteiger partial charge in [0.2, 0.25) is 0 Å². The fourth-order valence-corrected chi connectivity index (χ4v) is 3.41. The first-order valence-corrected chi connectivity index (χ1v) is 8.49. The molecule has 0 aromatic heterocycles. The summed E-state index contributed by atoms with van der Waals surface area (Å²) in [5, 5.41) is 33.6. The second kappa shape index (κ2) is 6.89. The molecule has 26 heavy (non-hydrogen) atoms. The number of hydrogen-bond acceptors (Lipinski definition) is 4. The highest BCUT2D eigenvalue weighted by Crippen LogP contribution is 2.34. The topological polar surface area (TPSA) is 107 Å². The van der Waals surface area contributed by atoms with Crippen LogP contribution >= 0.6 is 23.2 Å². The van der Waals surface area contributed by atoms with E-state index < -0.39 is 36.0 Å². The van der Waals surface area contributed by atoms with Crippen molar-refractivity contribution < 1.29 is 24.9 Å². The van der Waals surface area contributed by atoms with Crippen molar-refractivity contribution in [2.24, 2.45) is 5.92 Å². The lowest BCUT2D eigenvalue weighted by atomic mass is 9.85. The fraction of sp³-hybridized carbons (Fsp3) is 0.222. The molecule has 0 fully saturated rings. The molecule has 1 aliphatic carbocycles. The molecule has 1 amide bonds. The number of carboxylic acid groups (broad SMARTS) is 1. The third kappa shape index (κ3) is 3.41. The Balaban J connectivity index is 1.96. The number of carbonyl (C=O) groups excluding carboxylic acids is 1. The maximum atomic E-state index is 12.7. The average molecular weight is 396 g/mol. The maximum absolute atomic E-state index is 12.7. The first-order valence-electron chi connectivity index (χ1n) is 7.73. The highest BCUT2D eigenvalue weighted by Gasteiger charge is 2.44. The molecule has 0 radical (unpaired) electrons. The summed E-state index contributed by atoms with van der Waals surface area (Å²) >= 11 is 12.0. The molecule has 3 unspecified atom stereocenters. The Morgan fingerprint density at radius 3 is 2.62 bits per heavy atom. The van der Waals surface area contributed by atoms with E-state index in [-0.39, 0.29) is 10.6 Å². The number of carboxylic acids is 1. The monoisotopic (exact) mass is 395 g/mol. The number of aliphatic hydroxyl groups is 2. The van der Waals surface area contributed by atoms with Gasteiger partial charge in [-0.2, -0.15) is 0 Å². The molecule has 2 aromatic rings. The van der Waals surface area contributed by atoms with Crippen molar-refractivity contribution in [3.8, 4) is 0 Å². The number of fused-ring (bicyclic) bond motifs is 1. The normalized spacial score (nSPS) is 25.6. The van der Waals surface area contributed by atoms with Crippen molar-refractivity contribution in [3.05, 3.63) is 58.1 Å². The zero-order valence-electron chi connectivity index (χ0n) is 13.3. The van der Waals surface area contributed by atoms with Crippen molar-refractivity contribution >= 4 is 45.9 Å². The summed E-state index contributed by atoms with van der Waals surface area (Å²) in [5.41, 5.74) is -1.84. The van der Waals surface area contributed by atoms with Crippen LogP contribution in [-0.2, 0) is 4.79 Å². The van der Waals surface area contributed by atoms with E-state index in [1.54, 1.807) is 30.3 Å². The van der Waals surface area contributed by atoms with E-state index in [0.29, 0.717) is 10.4 Å². The second-order valence-corrected chi connectivity index (χ2v) is 6.98. The van der Waals surface area contributed by atoms with Gasteiger partial charge < -0.3 is 20.6 Å². The van der Waals surface area contributed by atoms with E-state index in [1.807, 2.05) is 6.07 Å². The van der Waals surface area contributed by atoms with Crippen LogP contribution in [0.2, 0.25) is 5.02 Å². The zero-order chi connectivity index (χ0) is 19.1. The third-order valence-corrected chi connectivity index (χ3v) is 5.04. The summed E-state index contributed by atoms with van der Waals surface area (Å²) < 4.78 is 0. The highest BCUT2D eigenvalue weighted by molar-refractivity contribution is 6.32. The Bertz CT molecular complexity index is 929. The number of halogens is 2. The standard InChI is InChI=1S/C18H15Cl2NO5/c19-10-5-4-9-2-1-3-11(12(9)6-10)16(23)21-18(26)8-13(17(24)25)14(22)7-15(18)20/h1-7,13-14,22,26H,8H2,(H,21,23)(H,24,25). The number of aliphatic hydroxyl groups excluding tert-OH is 1. The van der Waals surface area contributed by atoms with Crippen LogP contribution in [0.25, 0.3) is 10.8 Å². The lowest BCUT2D eigenvalue weighted by Crippen LogP contribution is -2.54. The quantitative estimate of drug-likeness (QED) is 0.597. The molecule has 0 saturated carbocycles. The van der Waals surface area contributed by atoms with Crippen molar-refractivity contribution in [2.45, 2.75) is 18.2 Å². The summed E-state index contributed by atoms with van der Waals surface area (Å²) in [4.78, 5) is 24.0. The van der Waals surface area contributed by atoms with Crippen LogP contribution < -0.4 is 5.32 Å².